The van der Waals surface area contributed by atoms with Crippen LogP contribution in [0.2, 0.25) is 0 Å². The average Bonchev–Trinajstić information content (AvgIpc) is 3.50. The van der Waals surface area contributed by atoms with Gasteiger partial charge in [-0.15, -0.1) is 11.3 Å². The van der Waals surface area contributed by atoms with Crippen LogP contribution in [0.5, 0.6) is 5.75 Å². The number of fused-ring (bicyclic) bond motifs is 1. The summed E-state index contributed by atoms with van der Waals surface area (Å²) in [6.45, 7) is 3.27. The van der Waals surface area contributed by atoms with E-state index in [-0.39, 0.29) is 11.9 Å². The second-order valence-corrected chi connectivity index (χ2v) is 8.75. The summed E-state index contributed by atoms with van der Waals surface area (Å²) in [5.74, 6) is 0.990. The van der Waals surface area contributed by atoms with Crippen molar-refractivity contribution >= 4 is 27.5 Å². The van der Waals surface area contributed by atoms with Crippen LogP contribution < -0.4 is 4.74 Å². The molecule has 1 heterocycles. The van der Waals surface area contributed by atoms with Gasteiger partial charge in [0.05, 0.1) is 29.9 Å². The smallest absolute Gasteiger partial charge is 0.237 e. The van der Waals surface area contributed by atoms with Crippen molar-refractivity contribution in [2.45, 2.75) is 38.4 Å². The first-order valence-corrected chi connectivity index (χ1v) is 10.8. The summed E-state index contributed by atoms with van der Waals surface area (Å²) < 4.78 is 6.40. The highest BCUT2D eigenvalue weighted by atomic mass is 32.1. The van der Waals surface area contributed by atoms with Crippen LogP contribution in [0.15, 0.2) is 48.5 Å². The number of thiazole rings is 1. The predicted molar refractivity (Wildman–Crippen MR) is 117 cm³/mol. The van der Waals surface area contributed by atoms with Crippen LogP contribution in [-0.2, 0) is 11.3 Å². The van der Waals surface area contributed by atoms with Gasteiger partial charge in [0.15, 0.2) is 0 Å². The molecule has 0 aliphatic heterocycles. The monoisotopic (exact) mass is 409 g/mol. The van der Waals surface area contributed by atoms with E-state index in [4.69, 9.17) is 9.72 Å². The Morgan fingerprint density at radius 1 is 1.21 bits per heavy atom. The fourth-order valence-electron chi connectivity index (χ4n) is 3.45. The maximum atomic E-state index is 13.0. The Hall–Kier alpha value is -2.44. The highest BCUT2D eigenvalue weighted by Gasteiger charge is 2.32. The van der Waals surface area contributed by atoms with Gasteiger partial charge in [0, 0.05) is 19.6 Å². The fraction of sp³-hybridized carbons (Fsp3) is 0.391. The molecule has 1 fully saturated rings. The molecule has 0 N–H and O–H groups in total. The molecule has 2 aromatic carbocycles. The normalized spacial score (nSPS) is 14.9. The van der Waals surface area contributed by atoms with Crippen molar-refractivity contribution in [2.24, 2.45) is 0 Å². The Bertz CT molecular complexity index is 948. The van der Waals surface area contributed by atoms with E-state index in [1.54, 1.807) is 18.4 Å². The van der Waals surface area contributed by atoms with Gasteiger partial charge in [0.2, 0.25) is 5.91 Å². The molecular weight excluding hydrogens is 382 g/mol. The lowest BCUT2D eigenvalue weighted by molar-refractivity contribution is -0.133. The minimum Gasteiger partial charge on any atom is -0.497 e. The molecular formula is C23H27N3O2S. The quantitative estimate of drug-likeness (QED) is 0.550. The minimum atomic E-state index is -0.0399. The first-order valence-electron chi connectivity index (χ1n) is 10.0. The maximum absolute atomic E-state index is 13.0. The van der Waals surface area contributed by atoms with E-state index in [1.165, 1.54) is 18.4 Å². The summed E-state index contributed by atoms with van der Waals surface area (Å²) in [7, 11) is 3.56. The standard InChI is InChI=1S/C23H27N3O2S/c1-16(23-24-20-6-4-5-7-21(20)29-23)25(2)22(27)15-26(18-10-11-18)14-17-8-12-19(28-3)13-9-17/h4-9,12-13,16,18H,10-11,14-15H2,1-3H3/t16-/m0/s1. The number of methoxy groups -OCH3 is 1. The summed E-state index contributed by atoms with van der Waals surface area (Å²) in [4.78, 5) is 21.9. The van der Waals surface area contributed by atoms with E-state index in [1.807, 2.05) is 42.3 Å². The molecule has 29 heavy (non-hydrogen) atoms. The third-order valence-corrected chi connectivity index (χ3v) is 6.80. The second kappa shape index (κ2) is 8.51. The lowest BCUT2D eigenvalue weighted by atomic mass is 10.2. The number of rotatable bonds is 8. The van der Waals surface area contributed by atoms with Crippen LogP contribution in [0.3, 0.4) is 0 Å². The largest absolute Gasteiger partial charge is 0.497 e. The second-order valence-electron chi connectivity index (χ2n) is 7.68. The van der Waals surface area contributed by atoms with Gasteiger partial charge in [-0.1, -0.05) is 24.3 Å². The number of carbonyl (C=O) groups excluding carboxylic acids is 1. The molecule has 1 aliphatic rings. The molecule has 0 unspecified atom stereocenters. The van der Waals surface area contributed by atoms with Gasteiger partial charge < -0.3 is 9.64 Å². The van der Waals surface area contributed by atoms with Crippen molar-refractivity contribution in [3.05, 3.63) is 59.1 Å². The SMILES string of the molecule is COc1ccc(CN(CC(=O)N(C)[C@@H](C)c2nc3ccccc3s2)C2CC2)cc1. The number of amides is 1. The molecule has 4 rings (SSSR count). The Kier molecular flexibility index (Phi) is 5.83. The van der Waals surface area contributed by atoms with Crippen LogP contribution in [0.25, 0.3) is 10.2 Å². The molecule has 1 saturated carbocycles. The maximum Gasteiger partial charge on any atom is 0.237 e. The summed E-state index contributed by atoms with van der Waals surface area (Å²) in [6.07, 6.45) is 2.33. The minimum absolute atomic E-state index is 0.0399. The molecule has 0 bridgehead atoms. The Morgan fingerprint density at radius 2 is 1.93 bits per heavy atom. The van der Waals surface area contributed by atoms with Gasteiger partial charge in [0.25, 0.3) is 0 Å². The van der Waals surface area contributed by atoms with Crippen molar-refractivity contribution in [3.8, 4) is 5.75 Å². The zero-order valence-electron chi connectivity index (χ0n) is 17.2. The van der Waals surface area contributed by atoms with Crippen molar-refractivity contribution in [2.75, 3.05) is 20.7 Å². The van der Waals surface area contributed by atoms with E-state index in [0.717, 1.165) is 27.5 Å². The molecule has 1 aromatic heterocycles. The summed E-state index contributed by atoms with van der Waals surface area (Å²) >= 11 is 1.66. The van der Waals surface area contributed by atoms with Crippen LogP contribution >= 0.6 is 11.3 Å². The van der Waals surface area contributed by atoms with E-state index in [2.05, 4.69) is 30.0 Å². The number of benzene rings is 2. The topological polar surface area (TPSA) is 45.7 Å². The first kappa shape index (κ1) is 19.9. The molecule has 152 valence electrons. The van der Waals surface area contributed by atoms with E-state index >= 15 is 0 Å². The molecule has 1 aliphatic carbocycles. The molecule has 1 atom stereocenters. The molecule has 5 nitrogen and oxygen atoms in total. The highest BCUT2D eigenvalue weighted by Crippen LogP contribution is 2.31. The number of nitrogens with zero attached hydrogens (tertiary/aromatic N) is 3. The third kappa shape index (κ3) is 4.60. The zero-order chi connectivity index (χ0) is 20.4. The summed E-state index contributed by atoms with van der Waals surface area (Å²) in [5, 5.41) is 0.982. The van der Waals surface area contributed by atoms with Gasteiger partial charge in [0.1, 0.15) is 10.8 Å². The van der Waals surface area contributed by atoms with E-state index < -0.39 is 0 Å². The Balaban J connectivity index is 1.42. The van der Waals surface area contributed by atoms with Gasteiger partial charge in [-0.3, -0.25) is 9.69 Å². The first-order chi connectivity index (χ1) is 14.0. The third-order valence-electron chi connectivity index (χ3n) is 5.59. The van der Waals surface area contributed by atoms with Gasteiger partial charge in [-0.2, -0.15) is 0 Å². The predicted octanol–water partition coefficient (Wildman–Crippen LogP) is 4.49. The number of likely N-dealkylation sites (N-methyl/N-ethyl adjacent to an activating group) is 1. The molecule has 0 spiro atoms. The van der Waals surface area contributed by atoms with Gasteiger partial charge >= 0.3 is 0 Å². The molecule has 3 aromatic rings. The number of ether oxygens (including phenoxy) is 1. The van der Waals surface area contributed by atoms with Crippen LogP contribution in [0.4, 0.5) is 0 Å². The number of para-hydroxylation sites is 1. The van der Waals surface area contributed by atoms with Crippen molar-refractivity contribution in [1.29, 1.82) is 0 Å². The Labute approximate surface area is 175 Å². The molecule has 0 radical (unpaired) electrons. The van der Waals surface area contributed by atoms with E-state index in [9.17, 15) is 4.79 Å². The van der Waals surface area contributed by atoms with Crippen molar-refractivity contribution in [3.63, 3.8) is 0 Å². The lowest BCUT2D eigenvalue weighted by Crippen LogP contribution is -2.40. The lowest BCUT2D eigenvalue weighted by Gasteiger charge is -2.28. The number of carbonyl (C=O) groups is 1. The van der Waals surface area contributed by atoms with Crippen molar-refractivity contribution < 1.29 is 9.53 Å². The van der Waals surface area contributed by atoms with Crippen LogP contribution in [-0.4, -0.2) is 47.4 Å². The highest BCUT2D eigenvalue weighted by molar-refractivity contribution is 7.18. The number of hydrogen-bond acceptors (Lipinski definition) is 5. The van der Waals surface area contributed by atoms with Gasteiger partial charge in [-0.05, 0) is 49.6 Å². The number of aromatic nitrogens is 1. The number of hydrogen-bond donors (Lipinski definition) is 0. The zero-order valence-corrected chi connectivity index (χ0v) is 18.0. The van der Waals surface area contributed by atoms with E-state index in [0.29, 0.717) is 12.6 Å². The fourth-order valence-corrected chi connectivity index (χ4v) is 4.52. The Morgan fingerprint density at radius 3 is 2.59 bits per heavy atom. The molecule has 0 saturated heterocycles. The van der Waals surface area contributed by atoms with Crippen LogP contribution in [0.1, 0.15) is 36.4 Å². The van der Waals surface area contributed by atoms with Crippen molar-refractivity contribution in [1.82, 2.24) is 14.8 Å². The summed E-state index contributed by atoms with van der Waals surface area (Å²) in [6, 6.07) is 16.7. The molecule has 6 heteroatoms. The van der Waals surface area contributed by atoms with Gasteiger partial charge in [-0.25, -0.2) is 4.98 Å². The average molecular weight is 410 g/mol. The summed E-state index contributed by atoms with van der Waals surface area (Å²) in [5.41, 5.74) is 2.20. The van der Waals surface area contributed by atoms with Crippen LogP contribution in [0, 0.1) is 0 Å². The molecule has 1 amide bonds.